The van der Waals surface area contributed by atoms with E-state index in [4.69, 9.17) is 5.73 Å². The third kappa shape index (κ3) is 2.89. The minimum atomic E-state index is 0.233. The molecule has 1 heterocycles. The number of aromatic nitrogens is 2. The number of aryl methyl sites for hydroxylation is 1. The van der Waals surface area contributed by atoms with Crippen LogP contribution in [0.1, 0.15) is 5.56 Å². The Hall–Kier alpha value is -1.82. The number of anilines is 4. The Morgan fingerprint density at radius 3 is 2.61 bits per heavy atom. The monoisotopic (exact) mass is 307 g/mol. The van der Waals surface area contributed by atoms with E-state index in [9.17, 15) is 0 Å². The predicted molar refractivity (Wildman–Crippen MR) is 78.2 cm³/mol. The Morgan fingerprint density at radius 1 is 1.17 bits per heavy atom. The number of benzene rings is 1. The molecule has 0 saturated carbocycles. The van der Waals surface area contributed by atoms with E-state index in [1.165, 1.54) is 0 Å². The van der Waals surface area contributed by atoms with E-state index in [0.29, 0.717) is 11.6 Å². The van der Waals surface area contributed by atoms with Gasteiger partial charge in [0.1, 0.15) is 11.6 Å². The van der Waals surface area contributed by atoms with Crippen LogP contribution >= 0.6 is 15.9 Å². The van der Waals surface area contributed by atoms with Crippen molar-refractivity contribution in [1.29, 1.82) is 0 Å². The van der Waals surface area contributed by atoms with E-state index in [1.807, 2.05) is 25.1 Å². The van der Waals surface area contributed by atoms with Gasteiger partial charge in [0.25, 0.3) is 0 Å². The van der Waals surface area contributed by atoms with Crippen LogP contribution < -0.4 is 16.4 Å². The molecule has 0 aliphatic rings. The van der Waals surface area contributed by atoms with Crippen molar-refractivity contribution < 1.29 is 0 Å². The first-order valence-electron chi connectivity index (χ1n) is 5.44. The Balaban J connectivity index is 2.33. The summed E-state index contributed by atoms with van der Waals surface area (Å²) in [7, 11) is 1.79. The maximum atomic E-state index is 5.65. The van der Waals surface area contributed by atoms with Crippen LogP contribution in [0.5, 0.6) is 0 Å². The lowest BCUT2D eigenvalue weighted by molar-refractivity contribution is 1.17. The van der Waals surface area contributed by atoms with Crippen LogP contribution in [0, 0.1) is 6.92 Å². The van der Waals surface area contributed by atoms with Crippen LogP contribution in [0.2, 0.25) is 0 Å². The van der Waals surface area contributed by atoms with Crippen LogP contribution in [0.4, 0.5) is 23.3 Å². The summed E-state index contributed by atoms with van der Waals surface area (Å²) in [4.78, 5) is 8.19. The molecule has 5 nitrogen and oxygen atoms in total. The molecule has 1 aromatic heterocycles. The molecule has 6 heteroatoms. The molecule has 0 unspecified atom stereocenters. The molecule has 2 aromatic rings. The van der Waals surface area contributed by atoms with Gasteiger partial charge in [-0.2, -0.15) is 9.97 Å². The van der Waals surface area contributed by atoms with Gasteiger partial charge in [-0.05, 0) is 24.6 Å². The molecule has 0 fully saturated rings. The minimum Gasteiger partial charge on any atom is -0.373 e. The number of hydrogen-bond donors (Lipinski definition) is 3. The lowest BCUT2D eigenvalue weighted by Gasteiger charge is -2.10. The van der Waals surface area contributed by atoms with Crippen molar-refractivity contribution in [2.24, 2.45) is 0 Å². The fourth-order valence-electron chi connectivity index (χ4n) is 1.52. The Bertz CT molecular complexity index is 570. The van der Waals surface area contributed by atoms with Crippen molar-refractivity contribution in [3.05, 3.63) is 34.3 Å². The van der Waals surface area contributed by atoms with Gasteiger partial charge < -0.3 is 16.4 Å². The van der Waals surface area contributed by atoms with Gasteiger partial charge >= 0.3 is 0 Å². The fourth-order valence-corrected chi connectivity index (χ4v) is 1.89. The molecule has 0 atom stereocenters. The van der Waals surface area contributed by atoms with Crippen molar-refractivity contribution in [3.63, 3.8) is 0 Å². The second kappa shape index (κ2) is 5.22. The molecule has 0 aliphatic carbocycles. The Labute approximate surface area is 114 Å². The van der Waals surface area contributed by atoms with Crippen molar-refractivity contribution in [2.75, 3.05) is 23.4 Å². The van der Waals surface area contributed by atoms with Gasteiger partial charge in [-0.1, -0.05) is 22.0 Å². The summed E-state index contributed by atoms with van der Waals surface area (Å²) in [5, 5.41) is 6.17. The average Bonchev–Trinajstić information content (AvgIpc) is 2.33. The summed E-state index contributed by atoms with van der Waals surface area (Å²) in [6, 6.07) is 7.81. The zero-order valence-corrected chi connectivity index (χ0v) is 11.7. The standard InChI is InChI=1S/C12H14BrN5/c1-7-3-4-8(13)5-9(7)16-11-6-10(15-2)17-12(14)18-11/h3-6H,1-2H3,(H4,14,15,16,17,18). The molecule has 2 rings (SSSR count). The van der Waals surface area contributed by atoms with Crippen molar-refractivity contribution in [1.82, 2.24) is 9.97 Å². The number of nitrogen functional groups attached to an aromatic ring is 1. The molecule has 0 saturated heterocycles. The molecule has 94 valence electrons. The van der Waals surface area contributed by atoms with E-state index >= 15 is 0 Å². The number of halogens is 1. The van der Waals surface area contributed by atoms with E-state index < -0.39 is 0 Å². The molecule has 4 N–H and O–H groups in total. The fraction of sp³-hybridized carbons (Fsp3) is 0.167. The maximum absolute atomic E-state index is 5.65. The largest absolute Gasteiger partial charge is 0.373 e. The van der Waals surface area contributed by atoms with Gasteiger partial charge in [0.05, 0.1) is 0 Å². The highest BCUT2D eigenvalue weighted by atomic mass is 79.9. The minimum absolute atomic E-state index is 0.233. The summed E-state index contributed by atoms with van der Waals surface area (Å²) in [5.41, 5.74) is 7.75. The van der Waals surface area contributed by atoms with E-state index in [1.54, 1.807) is 13.1 Å². The maximum Gasteiger partial charge on any atom is 0.223 e. The van der Waals surface area contributed by atoms with Crippen LogP contribution in [-0.4, -0.2) is 17.0 Å². The zero-order valence-electron chi connectivity index (χ0n) is 10.2. The highest BCUT2D eigenvalue weighted by Crippen LogP contribution is 2.24. The SMILES string of the molecule is CNc1cc(Nc2cc(Br)ccc2C)nc(N)n1. The van der Waals surface area contributed by atoms with E-state index in [-0.39, 0.29) is 5.95 Å². The molecule has 0 radical (unpaired) electrons. The smallest absolute Gasteiger partial charge is 0.223 e. The number of nitrogens with two attached hydrogens (primary N) is 1. The number of nitrogens with zero attached hydrogens (tertiary/aromatic N) is 2. The third-order valence-electron chi connectivity index (χ3n) is 2.46. The van der Waals surface area contributed by atoms with Gasteiger partial charge in [-0.3, -0.25) is 0 Å². The highest BCUT2D eigenvalue weighted by Gasteiger charge is 2.04. The summed E-state index contributed by atoms with van der Waals surface area (Å²) >= 11 is 3.44. The first kappa shape index (κ1) is 12.6. The molecular formula is C12H14BrN5. The Morgan fingerprint density at radius 2 is 1.89 bits per heavy atom. The molecule has 0 aliphatic heterocycles. The molecule has 0 amide bonds. The number of rotatable bonds is 3. The highest BCUT2D eigenvalue weighted by molar-refractivity contribution is 9.10. The zero-order chi connectivity index (χ0) is 13.1. The van der Waals surface area contributed by atoms with Gasteiger partial charge in [-0.15, -0.1) is 0 Å². The second-order valence-corrected chi connectivity index (χ2v) is 4.75. The van der Waals surface area contributed by atoms with Crippen LogP contribution in [0.25, 0.3) is 0 Å². The second-order valence-electron chi connectivity index (χ2n) is 3.83. The topological polar surface area (TPSA) is 75.9 Å². The van der Waals surface area contributed by atoms with E-state index in [0.717, 1.165) is 15.7 Å². The van der Waals surface area contributed by atoms with E-state index in [2.05, 4.69) is 36.5 Å². The first-order chi connectivity index (χ1) is 8.58. The van der Waals surface area contributed by atoms with Gasteiger partial charge in [0.2, 0.25) is 5.95 Å². The summed E-state index contributed by atoms with van der Waals surface area (Å²) in [5.74, 6) is 1.57. The van der Waals surface area contributed by atoms with Crippen molar-refractivity contribution in [2.45, 2.75) is 6.92 Å². The number of hydrogen-bond acceptors (Lipinski definition) is 5. The molecule has 18 heavy (non-hydrogen) atoms. The molecule has 1 aromatic carbocycles. The van der Waals surface area contributed by atoms with Gasteiger partial charge in [0.15, 0.2) is 0 Å². The van der Waals surface area contributed by atoms with Crippen molar-refractivity contribution in [3.8, 4) is 0 Å². The average molecular weight is 308 g/mol. The Kier molecular flexibility index (Phi) is 3.66. The lowest BCUT2D eigenvalue weighted by atomic mass is 10.2. The molecule has 0 bridgehead atoms. The van der Waals surface area contributed by atoms with Gasteiger partial charge in [0, 0.05) is 23.3 Å². The number of nitrogens with one attached hydrogen (secondary N) is 2. The first-order valence-corrected chi connectivity index (χ1v) is 6.23. The van der Waals surface area contributed by atoms with Crippen LogP contribution in [0.15, 0.2) is 28.7 Å². The molecular weight excluding hydrogens is 294 g/mol. The molecule has 0 spiro atoms. The normalized spacial score (nSPS) is 10.2. The quantitative estimate of drug-likeness (QED) is 0.813. The third-order valence-corrected chi connectivity index (χ3v) is 2.96. The van der Waals surface area contributed by atoms with Crippen LogP contribution in [-0.2, 0) is 0 Å². The summed E-state index contributed by atoms with van der Waals surface area (Å²) in [6.07, 6.45) is 0. The predicted octanol–water partition coefficient (Wildman–Crippen LogP) is 2.92. The summed E-state index contributed by atoms with van der Waals surface area (Å²) < 4.78 is 1.01. The van der Waals surface area contributed by atoms with Gasteiger partial charge in [-0.25, -0.2) is 0 Å². The lowest BCUT2D eigenvalue weighted by Crippen LogP contribution is -2.03. The van der Waals surface area contributed by atoms with Crippen molar-refractivity contribution >= 4 is 39.2 Å². The van der Waals surface area contributed by atoms with Crippen LogP contribution in [0.3, 0.4) is 0 Å². The summed E-state index contributed by atoms with van der Waals surface area (Å²) in [6.45, 7) is 2.03.